The molecule has 2 heterocycles. The number of nitrogen functional groups attached to an aromatic ring is 1. The Balaban J connectivity index is 1.75. The number of anilines is 1. The number of unbranched alkanes of at least 4 members (excludes halogenated alkanes) is 26. The number of carbonyl (C=O) groups excluding carboxylic acids is 2. The van der Waals surface area contributed by atoms with Gasteiger partial charge in [-0.1, -0.05) is 220 Å². The number of nitrogens with two attached hydrogens (primary N) is 1. The molecule has 432 valence electrons. The normalized spacial score (nSPS) is 19.7. The van der Waals surface area contributed by atoms with Crippen molar-refractivity contribution in [2.45, 2.75) is 277 Å². The summed E-state index contributed by atoms with van der Waals surface area (Å²) >= 11 is 0. The van der Waals surface area contributed by atoms with Crippen molar-refractivity contribution < 1.29 is 66.3 Å². The van der Waals surface area contributed by atoms with Gasteiger partial charge in [-0.05, 0) is 30.7 Å². The largest absolute Gasteiger partial charge is 0.481 e. The van der Waals surface area contributed by atoms with Crippen LogP contribution in [-0.4, -0.2) is 85.7 Å². The topological polar surface area (TPSA) is 265 Å². The Morgan fingerprint density at radius 1 is 0.635 bits per heavy atom. The number of hydrogen-bond donors (Lipinski definition) is 5. The summed E-state index contributed by atoms with van der Waals surface area (Å²) in [6.45, 7) is 6.93. The molecule has 0 radical (unpaired) electrons. The highest BCUT2D eigenvalue weighted by Gasteiger charge is 2.46. The number of hydrogen-bond acceptors (Lipinski definition) is 15. The van der Waals surface area contributed by atoms with E-state index in [2.05, 4.69) is 37.0 Å². The molecule has 6 N–H and O–H groups in total. The SMILES string of the molecule is CCC(C)CCCCCCCCCCCCCCCCC(=O)OC[C@H](COP(=O)(O)OP(=O)(O)OC[C@H]1O[C@@H](n2ccc(N)nc2=O)C(O)[C@H]1O)OC(=O)CCCCCCCCCCCCCCCCC(C)CC. The molecule has 18 nitrogen and oxygen atoms in total. The third kappa shape index (κ3) is 33.1. The number of carbonyl (C=O) groups is 2. The molecule has 20 heteroatoms. The number of esters is 2. The Labute approximate surface area is 444 Å². The fraction of sp³-hybridized carbons (Fsp3) is 0.889. The maximum atomic E-state index is 12.9. The number of rotatable bonds is 48. The van der Waals surface area contributed by atoms with Crippen LogP contribution < -0.4 is 11.4 Å². The van der Waals surface area contributed by atoms with Crippen LogP contribution in [0.3, 0.4) is 0 Å². The van der Waals surface area contributed by atoms with Crippen molar-refractivity contribution in [2.24, 2.45) is 11.8 Å². The molecule has 0 bridgehead atoms. The molecule has 1 aromatic rings. The number of aliphatic hydroxyl groups is 2. The van der Waals surface area contributed by atoms with Gasteiger partial charge in [0, 0.05) is 19.0 Å². The van der Waals surface area contributed by atoms with Gasteiger partial charge in [0.2, 0.25) is 0 Å². The fourth-order valence-electron chi connectivity index (χ4n) is 9.03. The zero-order valence-electron chi connectivity index (χ0n) is 46.0. The van der Waals surface area contributed by atoms with Crippen LogP contribution in [0.2, 0.25) is 0 Å². The van der Waals surface area contributed by atoms with Crippen LogP contribution in [0, 0.1) is 11.8 Å². The van der Waals surface area contributed by atoms with Gasteiger partial charge in [0.1, 0.15) is 30.7 Å². The minimum atomic E-state index is -5.42. The van der Waals surface area contributed by atoms with Gasteiger partial charge in [0.15, 0.2) is 12.3 Å². The number of aliphatic hydroxyl groups excluding tert-OH is 2. The van der Waals surface area contributed by atoms with Crippen molar-refractivity contribution in [1.29, 1.82) is 0 Å². The summed E-state index contributed by atoms with van der Waals surface area (Å²) in [5.41, 5.74) is 4.60. The number of aromatic nitrogens is 2. The first kappa shape index (κ1) is 67.9. The molecular weight excluding hydrogens is 993 g/mol. The molecule has 0 saturated carbocycles. The molecule has 5 unspecified atom stereocenters. The van der Waals surface area contributed by atoms with Gasteiger partial charge in [-0.3, -0.25) is 23.2 Å². The number of nitrogens with zero attached hydrogens (tertiary/aromatic N) is 2. The van der Waals surface area contributed by atoms with E-state index in [0.717, 1.165) is 67.8 Å². The number of ether oxygens (including phenoxy) is 3. The molecule has 1 aliphatic rings. The van der Waals surface area contributed by atoms with E-state index in [4.69, 9.17) is 29.0 Å². The lowest BCUT2D eigenvalue weighted by Crippen LogP contribution is -2.36. The Hall–Kier alpha value is -2.24. The predicted octanol–water partition coefficient (Wildman–Crippen LogP) is 12.7. The van der Waals surface area contributed by atoms with Gasteiger partial charge < -0.3 is 39.9 Å². The summed E-state index contributed by atoms with van der Waals surface area (Å²) in [5.74, 6) is 0.422. The van der Waals surface area contributed by atoms with E-state index in [1.54, 1.807) is 0 Å². The van der Waals surface area contributed by atoms with Gasteiger partial charge in [0.25, 0.3) is 0 Å². The maximum absolute atomic E-state index is 12.9. The van der Waals surface area contributed by atoms with Gasteiger partial charge in [-0.2, -0.15) is 9.29 Å². The molecule has 9 atom stereocenters. The van der Waals surface area contributed by atoms with E-state index in [1.807, 2.05) is 0 Å². The van der Waals surface area contributed by atoms with Crippen LogP contribution in [0.15, 0.2) is 17.1 Å². The van der Waals surface area contributed by atoms with Crippen LogP contribution in [0.5, 0.6) is 0 Å². The lowest BCUT2D eigenvalue weighted by Gasteiger charge is -2.21. The van der Waals surface area contributed by atoms with Crippen molar-refractivity contribution in [3.05, 3.63) is 22.7 Å². The van der Waals surface area contributed by atoms with Gasteiger partial charge in [-0.25, -0.2) is 13.9 Å². The van der Waals surface area contributed by atoms with Crippen molar-refractivity contribution in [3.8, 4) is 0 Å². The lowest BCUT2D eigenvalue weighted by molar-refractivity contribution is -0.161. The Morgan fingerprint density at radius 2 is 1.04 bits per heavy atom. The standard InChI is InChI=1S/C54H101N3O15P2/c1-5-44(3)35-31-27-23-19-15-11-7-9-13-17-21-25-29-33-37-49(58)67-41-46(70-50(59)38-34-30-26-22-18-14-10-8-12-16-20-24-28-32-36-45(4)6-2)42-68-73(63,64)72-74(65,66)69-43-47-51(60)52(61)53(71-47)57-40-39-48(55)56-54(57)62/h39-40,44-47,51-53,60-61H,5-38,41-43H2,1-4H3,(H,63,64)(H,65,66)(H2,55,56,62)/t44?,45?,46-,47-,51+,52?,53-/m1/s1. The highest BCUT2D eigenvalue weighted by molar-refractivity contribution is 7.61. The quantitative estimate of drug-likeness (QED) is 0.0231. The van der Waals surface area contributed by atoms with Crippen LogP contribution in [0.25, 0.3) is 0 Å². The van der Waals surface area contributed by atoms with Crippen LogP contribution in [0.4, 0.5) is 5.82 Å². The summed E-state index contributed by atoms with van der Waals surface area (Å²) in [5, 5.41) is 21.0. The molecular formula is C54H101N3O15P2. The van der Waals surface area contributed by atoms with E-state index in [0.29, 0.717) is 12.8 Å². The van der Waals surface area contributed by atoms with E-state index >= 15 is 0 Å². The molecule has 0 aromatic carbocycles. The zero-order chi connectivity index (χ0) is 54.5. The minimum absolute atomic E-state index is 0.0574. The van der Waals surface area contributed by atoms with Crippen LogP contribution in [0.1, 0.15) is 252 Å². The second kappa shape index (κ2) is 40.9. The predicted molar refractivity (Wildman–Crippen MR) is 289 cm³/mol. The summed E-state index contributed by atoms with van der Waals surface area (Å²) < 4.78 is 57.0. The third-order valence-corrected chi connectivity index (χ3v) is 16.9. The van der Waals surface area contributed by atoms with Gasteiger partial charge in [0.05, 0.1) is 13.2 Å². The lowest BCUT2D eigenvalue weighted by atomic mass is 9.99. The van der Waals surface area contributed by atoms with E-state index in [9.17, 15) is 43.5 Å². The second-order valence-electron chi connectivity index (χ2n) is 21.0. The smallest absolute Gasteiger partial charge is 0.462 e. The Kier molecular flexibility index (Phi) is 37.5. The molecule has 0 spiro atoms. The molecule has 2 rings (SSSR count). The molecule has 74 heavy (non-hydrogen) atoms. The zero-order valence-corrected chi connectivity index (χ0v) is 47.8. The Bertz CT molecular complexity index is 1770. The summed E-state index contributed by atoms with van der Waals surface area (Å²) in [6, 6.07) is 1.25. The van der Waals surface area contributed by atoms with Gasteiger partial charge in [-0.15, -0.1) is 0 Å². The monoisotopic (exact) mass is 1090 g/mol. The number of phosphoric ester groups is 2. The van der Waals surface area contributed by atoms with Crippen molar-refractivity contribution in [1.82, 2.24) is 9.55 Å². The van der Waals surface area contributed by atoms with Gasteiger partial charge >= 0.3 is 33.3 Å². The first-order valence-corrected chi connectivity index (χ1v) is 31.8. The molecule has 1 fully saturated rings. The summed E-state index contributed by atoms with van der Waals surface area (Å²) in [4.78, 5) is 62.1. The highest BCUT2D eigenvalue weighted by Crippen LogP contribution is 2.60. The molecule has 1 saturated heterocycles. The second-order valence-corrected chi connectivity index (χ2v) is 24.0. The average molecular weight is 1090 g/mol. The highest BCUT2D eigenvalue weighted by atomic mass is 31.3. The molecule has 0 amide bonds. The average Bonchev–Trinajstić information content (AvgIpc) is 3.64. The van der Waals surface area contributed by atoms with E-state index < -0.39 is 83.7 Å². The molecule has 0 aliphatic carbocycles. The molecule has 1 aromatic heterocycles. The van der Waals surface area contributed by atoms with Crippen LogP contribution in [-0.2, 0) is 46.3 Å². The minimum Gasteiger partial charge on any atom is -0.462 e. The van der Waals surface area contributed by atoms with Crippen molar-refractivity contribution in [3.63, 3.8) is 0 Å². The van der Waals surface area contributed by atoms with E-state index in [1.165, 1.54) is 154 Å². The summed E-state index contributed by atoms with van der Waals surface area (Å²) in [6.07, 6.45) is 31.6. The van der Waals surface area contributed by atoms with E-state index in [-0.39, 0.29) is 18.7 Å². The molecule has 1 aliphatic heterocycles. The Morgan fingerprint density at radius 3 is 1.47 bits per heavy atom. The first-order valence-electron chi connectivity index (χ1n) is 28.8. The first-order chi connectivity index (χ1) is 35.5. The third-order valence-electron chi connectivity index (χ3n) is 14.3. The maximum Gasteiger partial charge on any atom is 0.481 e. The van der Waals surface area contributed by atoms with Crippen molar-refractivity contribution >= 4 is 33.4 Å². The van der Waals surface area contributed by atoms with Crippen LogP contribution >= 0.6 is 15.6 Å². The van der Waals surface area contributed by atoms with Crippen molar-refractivity contribution in [2.75, 3.05) is 25.6 Å². The summed E-state index contributed by atoms with van der Waals surface area (Å²) in [7, 11) is -10.8. The fourth-order valence-corrected chi connectivity index (χ4v) is 11.1. The number of phosphoric acid groups is 2.